The number of benzene rings is 2. The van der Waals surface area contributed by atoms with E-state index in [0.717, 1.165) is 5.69 Å². The Morgan fingerprint density at radius 2 is 1.60 bits per heavy atom. The van der Waals surface area contributed by atoms with E-state index in [0.29, 0.717) is 11.4 Å². The van der Waals surface area contributed by atoms with Gasteiger partial charge in [-0.25, -0.2) is 0 Å². The molecule has 1 radical (unpaired) electrons. The summed E-state index contributed by atoms with van der Waals surface area (Å²) in [7, 11) is 0. The molecule has 2 aromatic carbocycles. The van der Waals surface area contributed by atoms with Crippen molar-refractivity contribution in [2.24, 2.45) is 10.2 Å². The van der Waals surface area contributed by atoms with E-state index < -0.39 is 5.60 Å². The van der Waals surface area contributed by atoms with Crippen LogP contribution in [0.25, 0.3) is 0 Å². The lowest BCUT2D eigenvalue weighted by molar-refractivity contribution is 0.177. The lowest BCUT2D eigenvalue weighted by Gasteiger charge is -2.19. The number of carbonyl (C=O) groups excluding carboxylic acids is 1. The number of azo groups is 1. The molecule has 4 heteroatoms. The molecule has 0 fully saturated rings. The van der Waals surface area contributed by atoms with Gasteiger partial charge in [-0.05, 0) is 38.1 Å². The minimum atomic E-state index is -1.02. The number of para-hydroxylation sites is 1. The average Bonchev–Trinajstić information content (AvgIpc) is 2.47. The average molecular weight is 267 g/mol. The highest BCUT2D eigenvalue weighted by atomic mass is 16.5. The van der Waals surface area contributed by atoms with E-state index in [9.17, 15) is 4.79 Å². The summed E-state index contributed by atoms with van der Waals surface area (Å²) in [6.07, 6.45) is 1.85. The molecule has 0 spiro atoms. The van der Waals surface area contributed by atoms with Crippen LogP contribution in [0.5, 0.6) is 5.75 Å². The third kappa shape index (κ3) is 3.75. The lowest BCUT2D eigenvalue weighted by atomic mass is 10.1. The maximum atomic E-state index is 10.8. The van der Waals surface area contributed by atoms with Gasteiger partial charge in [0.1, 0.15) is 11.4 Å². The van der Waals surface area contributed by atoms with E-state index in [1.54, 1.807) is 26.0 Å². The van der Waals surface area contributed by atoms with E-state index in [-0.39, 0.29) is 0 Å². The van der Waals surface area contributed by atoms with Crippen LogP contribution in [0.3, 0.4) is 0 Å². The molecule has 2 aromatic rings. The standard InChI is InChI=1S/C16H15N2O2/c1-16(2,12-19)20-15-11-7-6-10-14(15)18-17-13-8-4-3-5-9-13/h3-11H,1-2H3/b18-17+. The molecule has 0 aliphatic heterocycles. The molecule has 0 saturated heterocycles. The number of rotatable bonds is 5. The third-order valence-corrected chi connectivity index (χ3v) is 2.51. The Hall–Kier alpha value is -2.49. The Morgan fingerprint density at radius 3 is 2.30 bits per heavy atom. The van der Waals surface area contributed by atoms with Gasteiger partial charge < -0.3 is 4.74 Å². The first-order valence-electron chi connectivity index (χ1n) is 6.25. The molecule has 0 aliphatic carbocycles. The molecular formula is C16H15N2O2. The predicted octanol–water partition coefficient (Wildman–Crippen LogP) is 4.37. The van der Waals surface area contributed by atoms with Crippen molar-refractivity contribution >= 4 is 17.7 Å². The second-order valence-electron chi connectivity index (χ2n) is 4.72. The van der Waals surface area contributed by atoms with Gasteiger partial charge in [0.05, 0.1) is 5.69 Å². The summed E-state index contributed by atoms with van der Waals surface area (Å²) >= 11 is 0. The van der Waals surface area contributed by atoms with Crippen molar-refractivity contribution in [3.63, 3.8) is 0 Å². The van der Waals surface area contributed by atoms with Gasteiger partial charge in [-0.15, -0.1) is 5.11 Å². The molecular weight excluding hydrogens is 252 g/mol. The third-order valence-electron chi connectivity index (χ3n) is 2.51. The van der Waals surface area contributed by atoms with Crippen molar-refractivity contribution in [1.29, 1.82) is 0 Å². The van der Waals surface area contributed by atoms with Crippen molar-refractivity contribution in [1.82, 2.24) is 0 Å². The van der Waals surface area contributed by atoms with Gasteiger partial charge in [-0.3, -0.25) is 4.79 Å². The van der Waals surface area contributed by atoms with Crippen LogP contribution in [-0.4, -0.2) is 11.9 Å². The van der Waals surface area contributed by atoms with Crippen LogP contribution in [0.1, 0.15) is 13.8 Å². The van der Waals surface area contributed by atoms with Crippen molar-refractivity contribution in [3.05, 3.63) is 54.6 Å². The van der Waals surface area contributed by atoms with Crippen molar-refractivity contribution in [2.45, 2.75) is 19.4 Å². The Kier molecular flexibility index (Phi) is 4.25. The second kappa shape index (κ2) is 6.10. The number of nitrogens with zero attached hydrogens (tertiary/aromatic N) is 2. The van der Waals surface area contributed by atoms with Gasteiger partial charge in [-0.2, -0.15) is 5.11 Å². The SMILES string of the molecule is CC(C)([C]=O)Oc1ccccc1/N=N/c1ccccc1. The molecule has 0 N–H and O–H groups in total. The number of hydrogen-bond donors (Lipinski definition) is 0. The first-order chi connectivity index (χ1) is 9.61. The van der Waals surface area contributed by atoms with Gasteiger partial charge in [0, 0.05) is 0 Å². The van der Waals surface area contributed by atoms with Crippen molar-refractivity contribution in [3.8, 4) is 5.75 Å². The largest absolute Gasteiger partial charge is 0.477 e. The maximum Gasteiger partial charge on any atom is 0.245 e. The fourth-order valence-electron chi connectivity index (χ4n) is 1.53. The van der Waals surface area contributed by atoms with Gasteiger partial charge in [0.25, 0.3) is 0 Å². The summed E-state index contributed by atoms with van der Waals surface area (Å²) in [6, 6.07) is 16.6. The Bertz CT molecular complexity index is 607. The van der Waals surface area contributed by atoms with E-state index >= 15 is 0 Å². The molecule has 0 atom stereocenters. The van der Waals surface area contributed by atoms with Crippen LogP contribution in [0, 0.1) is 0 Å². The quantitative estimate of drug-likeness (QED) is 0.755. The summed E-state index contributed by atoms with van der Waals surface area (Å²) in [4.78, 5) is 10.8. The summed E-state index contributed by atoms with van der Waals surface area (Å²) in [6.45, 7) is 3.29. The molecule has 0 bridgehead atoms. The highest BCUT2D eigenvalue weighted by Crippen LogP contribution is 2.31. The topological polar surface area (TPSA) is 51.0 Å². The van der Waals surface area contributed by atoms with Gasteiger partial charge in [-0.1, -0.05) is 30.3 Å². The number of ether oxygens (including phenoxy) is 1. The molecule has 2 rings (SSSR count). The molecule has 20 heavy (non-hydrogen) atoms. The van der Waals surface area contributed by atoms with E-state index in [2.05, 4.69) is 10.2 Å². The lowest BCUT2D eigenvalue weighted by Crippen LogP contribution is -2.29. The Balaban J connectivity index is 2.24. The first-order valence-corrected chi connectivity index (χ1v) is 6.25. The molecule has 0 unspecified atom stereocenters. The van der Waals surface area contributed by atoms with Gasteiger partial charge >= 0.3 is 0 Å². The van der Waals surface area contributed by atoms with Crippen LogP contribution >= 0.6 is 0 Å². The summed E-state index contributed by atoms with van der Waals surface area (Å²) in [5.74, 6) is 0.500. The normalized spacial score (nSPS) is 11.5. The highest BCUT2D eigenvalue weighted by molar-refractivity contribution is 5.64. The summed E-state index contributed by atoms with van der Waals surface area (Å²) in [5.41, 5.74) is 0.307. The second-order valence-corrected chi connectivity index (χ2v) is 4.72. The van der Waals surface area contributed by atoms with Crippen LogP contribution < -0.4 is 4.74 Å². The molecule has 0 aromatic heterocycles. The van der Waals surface area contributed by atoms with E-state index in [1.807, 2.05) is 48.8 Å². The first kappa shape index (κ1) is 13.9. The monoisotopic (exact) mass is 267 g/mol. The molecule has 0 heterocycles. The Morgan fingerprint density at radius 1 is 0.950 bits per heavy atom. The van der Waals surface area contributed by atoms with Crippen LogP contribution in [-0.2, 0) is 4.79 Å². The summed E-state index contributed by atoms with van der Waals surface area (Å²) < 4.78 is 5.59. The van der Waals surface area contributed by atoms with Gasteiger partial charge in [0.15, 0.2) is 5.60 Å². The summed E-state index contributed by atoms with van der Waals surface area (Å²) in [5, 5.41) is 8.30. The number of hydrogen-bond acceptors (Lipinski definition) is 4. The molecule has 4 nitrogen and oxygen atoms in total. The molecule has 0 amide bonds. The van der Waals surface area contributed by atoms with E-state index in [1.165, 1.54) is 0 Å². The van der Waals surface area contributed by atoms with Gasteiger partial charge in [0.2, 0.25) is 6.29 Å². The predicted molar refractivity (Wildman–Crippen MR) is 77.5 cm³/mol. The van der Waals surface area contributed by atoms with Crippen LogP contribution in [0.4, 0.5) is 11.4 Å². The highest BCUT2D eigenvalue weighted by Gasteiger charge is 2.21. The Labute approximate surface area is 118 Å². The molecule has 101 valence electrons. The van der Waals surface area contributed by atoms with Crippen molar-refractivity contribution in [2.75, 3.05) is 0 Å². The fraction of sp³-hybridized carbons (Fsp3) is 0.188. The minimum absolute atomic E-state index is 0.500. The fourth-order valence-corrected chi connectivity index (χ4v) is 1.53. The maximum absolute atomic E-state index is 10.8. The van der Waals surface area contributed by atoms with Crippen molar-refractivity contribution < 1.29 is 9.53 Å². The van der Waals surface area contributed by atoms with Crippen LogP contribution in [0.15, 0.2) is 64.8 Å². The van der Waals surface area contributed by atoms with E-state index in [4.69, 9.17) is 4.74 Å². The minimum Gasteiger partial charge on any atom is -0.477 e. The molecule has 0 saturated carbocycles. The zero-order valence-electron chi connectivity index (χ0n) is 11.4. The van der Waals surface area contributed by atoms with Crippen LogP contribution in [0.2, 0.25) is 0 Å². The smallest absolute Gasteiger partial charge is 0.245 e. The zero-order chi connectivity index (χ0) is 14.4. The molecule has 0 aliphatic rings. The zero-order valence-corrected chi connectivity index (χ0v) is 11.4.